The molecule has 3 rings (SSSR count). The number of rotatable bonds is 3. The average molecular weight is 292 g/mol. The molecule has 0 bridgehead atoms. The van der Waals surface area contributed by atoms with Gasteiger partial charge in [-0.25, -0.2) is 4.98 Å². The lowest BCUT2D eigenvalue weighted by atomic mass is 9.93. The molecule has 3 nitrogen and oxygen atoms in total. The van der Waals surface area contributed by atoms with E-state index < -0.39 is 0 Å². The SMILES string of the molecule is CCC(c1ccccc1)c1nc2ccc(C)cc2n(C)c1=O. The molecule has 0 fully saturated rings. The van der Waals surface area contributed by atoms with Crippen LogP contribution in [0.25, 0.3) is 11.0 Å². The topological polar surface area (TPSA) is 34.9 Å². The van der Waals surface area contributed by atoms with Gasteiger partial charge in [-0.1, -0.05) is 43.3 Å². The highest BCUT2D eigenvalue weighted by Crippen LogP contribution is 2.25. The molecule has 1 unspecified atom stereocenters. The van der Waals surface area contributed by atoms with Gasteiger partial charge in [0.15, 0.2) is 0 Å². The molecule has 0 aliphatic heterocycles. The molecule has 112 valence electrons. The highest BCUT2D eigenvalue weighted by atomic mass is 16.1. The first kappa shape index (κ1) is 14.5. The summed E-state index contributed by atoms with van der Waals surface area (Å²) in [5.74, 6) is 0.0330. The average Bonchev–Trinajstić information content (AvgIpc) is 2.54. The first-order valence-corrected chi connectivity index (χ1v) is 7.64. The molecule has 1 heterocycles. The molecule has 0 spiro atoms. The van der Waals surface area contributed by atoms with Crippen molar-refractivity contribution < 1.29 is 0 Å². The number of benzene rings is 2. The molecule has 0 aliphatic carbocycles. The van der Waals surface area contributed by atoms with Crippen LogP contribution in [0.4, 0.5) is 0 Å². The third-order valence-electron chi connectivity index (χ3n) is 4.20. The summed E-state index contributed by atoms with van der Waals surface area (Å²) in [7, 11) is 1.83. The fourth-order valence-corrected chi connectivity index (χ4v) is 2.95. The molecule has 0 amide bonds. The van der Waals surface area contributed by atoms with Crippen LogP contribution in [-0.4, -0.2) is 9.55 Å². The summed E-state index contributed by atoms with van der Waals surface area (Å²) < 4.78 is 1.72. The molecule has 1 atom stereocenters. The first-order valence-electron chi connectivity index (χ1n) is 7.64. The Morgan fingerprint density at radius 3 is 2.55 bits per heavy atom. The van der Waals surface area contributed by atoms with Crippen molar-refractivity contribution in [2.75, 3.05) is 0 Å². The van der Waals surface area contributed by atoms with Gasteiger partial charge >= 0.3 is 0 Å². The predicted octanol–water partition coefficient (Wildman–Crippen LogP) is 3.78. The van der Waals surface area contributed by atoms with Gasteiger partial charge in [0.25, 0.3) is 5.56 Å². The Morgan fingerprint density at radius 2 is 1.86 bits per heavy atom. The van der Waals surface area contributed by atoms with Crippen LogP contribution in [0, 0.1) is 6.92 Å². The van der Waals surface area contributed by atoms with E-state index in [0.29, 0.717) is 5.69 Å². The van der Waals surface area contributed by atoms with Crippen molar-refractivity contribution in [2.45, 2.75) is 26.2 Å². The van der Waals surface area contributed by atoms with E-state index in [1.807, 2.05) is 50.4 Å². The van der Waals surface area contributed by atoms with Gasteiger partial charge in [0, 0.05) is 13.0 Å². The van der Waals surface area contributed by atoms with E-state index in [9.17, 15) is 4.79 Å². The zero-order valence-corrected chi connectivity index (χ0v) is 13.2. The minimum absolute atomic E-state index is 0.00574. The summed E-state index contributed by atoms with van der Waals surface area (Å²) in [5, 5.41) is 0. The van der Waals surface area contributed by atoms with Crippen LogP contribution < -0.4 is 5.56 Å². The van der Waals surface area contributed by atoms with Crippen LogP contribution in [0.3, 0.4) is 0 Å². The maximum absolute atomic E-state index is 12.8. The lowest BCUT2D eigenvalue weighted by Crippen LogP contribution is -2.26. The summed E-state index contributed by atoms with van der Waals surface area (Å²) in [5.41, 5.74) is 4.66. The van der Waals surface area contributed by atoms with Crippen LogP contribution in [0.2, 0.25) is 0 Å². The third kappa shape index (κ3) is 2.43. The van der Waals surface area contributed by atoms with Gasteiger partial charge in [0.1, 0.15) is 5.69 Å². The number of aromatic nitrogens is 2. The lowest BCUT2D eigenvalue weighted by molar-refractivity contribution is 0.718. The standard InChI is InChI=1S/C19H20N2O/c1-4-15(14-8-6-5-7-9-14)18-19(22)21(3)17-12-13(2)10-11-16(17)20-18/h5-12,15H,4H2,1-3H3. The minimum Gasteiger partial charge on any atom is -0.308 e. The van der Waals surface area contributed by atoms with Gasteiger partial charge in [0.2, 0.25) is 0 Å². The quantitative estimate of drug-likeness (QED) is 0.736. The van der Waals surface area contributed by atoms with E-state index in [2.05, 4.69) is 19.1 Å². The third-order valence-corrected chi connectivity index (χ3v) is 4.20. The van der Waals surface area contributed by atoms with Gasteiger partial charge in [-0.3, -0.25) is 4.79 Å². The largest absolute Gasteiger partial charge is 0.308 e. The first-order chi connectivity index (χ1) is 10.6. The van der Waals surface area contributed by atoms with E-state index in [0.717, 1.165) is 28.6 Å². The van der Waals surface area contributed by atoms with Gasteiger partial charge in [-0.15, -0.1) is 0 Å². The molecule has 0 N–H and O–H groups in total. The fourth-order valence-electron chi connectivity index (χ4n) is 2.95. The Kier molecular flexibility index (Phi) is 3.80. The molecular weight excluding hydrogens is 272 g/mol. The summed E-state index contributed by atoms with van der Waals surface area (Å²) in [4.78, 5) is 17.5. The Labute approximate surface area is 130 Å². The molecule has 0 saturated heterocycles. The predicted molar refractivity (Wildman–Crippen MR) is 90.3 cm³/mol. The number of aryl methyl sites for hydroxylation is 2. The Bertz CT molecular complexity index is 866. The van der Waals surface area contributed by atoms with E-state index in [1.54, 1.807) is 4.57 Å². The number of hydrogen-bond acceptors (Lipinski definition) is 2. The normalized spacial score (nSPS) is 12.5. The molecule has 2 aromatic carbocycles. The number of hydrogen-bond donors (Lipinski definition) is 0. The molecule has 3 heteroatoms. The minimum atomic E-state index is -0.00574. The fraction of sp³-hybridized carbons (Fsp3) is 0.263. The van der Waals surface area contributed by atoms with Crippen molar-refractivity contribution >= 4 is 11.0 Å². The van der Waals surface area contributed by atoms with Crippen LogP contribution in [0.5, 0.6) is 0 Å². The van der Waals surface area contributed by atoms with Crippen molar-refractivity contribution in [3.63, 3.8) is 0 Å². The summed E-state index contributed by atoms with van der Waals surface area (Å²) in [6.45, 7) is 4.12. The molecule has 3 aromatic rings. The van der Waals surface area contributed by atoms with E-state index in [1.165, 1.54) is 0 Å². The van der Waals surface area contributed by atoms with Crippen molar-refractivity contribution in [2.24, 2.45) is 7.05 Å². The molecule has 1 aromatic heterocycles. The van der Waals surface area contributed by atoms with Crippen molar-refractivity contribution in [3.05, 3.63) is 75.7 Å². The smallest absolute Gasteiger partial charge is 0.273 e. The number of fused-ring (bicyclic) bond motifs is 1. The van der Waals surface area contributed by atoms with Crippen molar-refractivity contribution in [3.8, 4) is 0 Å². The van der Waals surface area contributed by atoms with E-state index >= 15 is 0 Å². The second-order valence-corrected chi connectivity index (χ2v) is 5.72. The highest BCUT2D eigenvalue weighted by Gasteiger charge is 2.19. The monoisotopic (exact) mass is 292 g/mol. The van der Waals surface area contributed by atoms with Crippen LogP contribution >= 0.6 is 0 Å². The maximum Gasteiger partial charge on any atom is 0.273 e. The second-order valence-electron chi connectivity index (χ2n) is 5.72. The van der Waals surface area contributed by atoms with Crippen LogP contribution in [0.15, 0.2) is 53.3 Å². The lowest BCUT2D eigenvalue weighted by Gasteiger charge is -2.16. The molecule has 0 radical (unpaired) electrons. The summed E-state index contributed by atoms with van der Waals surface area (Å²) in [6, 6.07) is 16.2. The Balaban J connectivity index is 2.24. The van der Waals surface area contributed by atoms with Gasteiger partial charge in [-0.05, 0) is 36.6 Å². The van der Waals surface area contributed by atoms with Gasteiger partial charge in [-0.2, -0.15) is 0 Å². The van der Waals surface area contributed by atoms with Crippen LogP contribution in [0.1, 0.15) is 36.1 Å². The Morgan fingerprint density at radius 1 is 1.14 bits per heavy atom. The van der Waals surface area contributed by atoms with Crippen molar-refractivity contribution in [1.29, 1.82) is 0 Å². The summed E-state index contributed by atoms with van der Waals surface area (Å²) >= 11 is 0. The molecular formula is C19H20N2O. The van der Waals surface area contributed by atoms with Gasteiger partial charge < -0.3 is 4.57 Å². The zero-order chi connectivity index (χ0) is 15.7. The Hall–Kier alpha value is -2.42. The highest BCUT2D eigenvalue weighted by molar-refractivity contribution is 5.75. The number of nitrogens with zero attached hydrogens (tertiary/aromatic N) is 2. The molecule has 22 heavy (non-hydrogen) atoms. The zero-order valence-electron chi connectivity index (χ0n) is 13.2. The second kappa shape index (κ2) is 5.76. The maximum atomic E-state index is 12.8. The van der Waals surface area contributed by atoms with Crippen LogP contribution in [-0.2, 0) is 7.05 Å². The van der Waals surface area contributed by atoms with E-state index in [-0.39, 0.29) is 11.5 Å². The van der Waals surface area contributed by atoms with Gasteiger partial charge in [0.05, 0.1) is 11.0 Å². The molecule has 0 aliphatic rings. The van der Waals surface area contributed by atoms with E-state index in [4.69, 9.17) is 4.98 Å². The molecule has 0 saturated carbocycles. The summed E-state index contributed by atoms with van der Waals surface area (Å²) in [6.07, 6.45) is 0.851. The van der Waals surface area contributed by atoms with Crippen molar-refractivity contribution in [1.82, 2.24) is 9.55 Å².